The summed E-state index contributed by atoms with van der Waals surface area (Å²) in [6.07, 6.45) is 7.11. The van der Waals surface area contributed by atoms with Crippen molar-refractivity contribution in [1.29, 1.82) is 0 Å². The van der Waals surface area contributed by atoms with Crippen LogP contribution in [0, 0.1) is 0 Å². The molecule has 1 aliphatic rings. The average molecular weight is 464 g/mol. The summed E-state index contributed by atoms with van der Waals surface area (Å²) in [7, 11) is 0. The average Bonchev–Trinajstić information content (AvgIpc) is 3.57. The van der Waals surface area contributed by atoms with Gasteiger partial charge >= 0.3 is 0 Å². The van der Waals surface area contributed by atoms with Gasteiger partial charge in [-0.25, -0.2) is 15.0 Å². The van der Waals surface area contributed by atoms with Crippen LogP contribution in [0.15, 0.2) is 76.0 Å². The van der Waals surface area contributed by atoms with Crippen LogP contribution in [-0.2, 0) is 0 Å². The molecule has 0 bridgehead atoms. The van der Waals surface area contributed by atoms with Crippen molar-refractivity contribution in [3.63, 3.8) is 0 Å². The van der Waals surface area contributed by atoms with Crippen molar-refractivity contribution in [1.82, 2.24) is 4.98 Å². The van der Waals surface area contributed by atoms with E-state index in [-0.39, 0.29) is 0 Å². The van der Waals surface area contributed by atoms with Crippen molar-refractivity contribution in [3.05, 3.63) is 82.3 Å². The minimum Gasteiger partial charge on any atom is -0.246 e. The third kappa shape index (κ3) is 4.70. The molecule has 0 saturated heterocycles. The van der Waals surface area contributed by atoms with Gasteiger partial charge in [-0.15, -0.1) is 45.8 Å². The highest BCUT2D eigenvalue weighted by Crippen LogP contribution is 2.39. The second-order valence-corrected chi connectivity index (χ2v) is 10.7. The number of rotatable bonds is 6. The normalized spacial score (nSPS) is 14.2. The Morgan fingerprint density at radius 1 is 0.767 bits per heavy atom. The summed E-state index contributed by atoms with van der Waals surface area (Å²) in [6.45, 7) is 0. The summed E-state index contributed by atoms with van der Waals surface area (Å²) < 4.78 is 0. The first kappa shape index (κ1) is 19.6. The molecular weight excluding hydrogens is 447 g/mol. The van der Waals surface area contributed by atoms with Gasteiger partial charge in [0.2, 0.25) is 0 Å². The Balaban J connectivity index is 1.27. The lowest BCUT2D eigenvalue weighted by Crippen LogP contribution is -1.92. The monoisotopic (exact) mass is 463 g/mol. The largest absolute Gasteiger partial charge is 0.246 e. The SMILES string of the molecule is C1=C(c2ccc(/N=C/c3cccc(/C=N/c4ccc(-c5cccs5)s4)n3)s2)SCC1. The molecule has 1 aliphatic heterocycles. The second kappa shape index (κ2) is 9.22. The first-order valence-electron chi connectivity index (χ1n) is 9.45. The maximum Gasteiger partial charge on any atom is 0.116 e. The maximum atomic E-state index is 4.64. The number of hydrogen-bond acceptors (Lipinski definition) is 7. The smallest absolute Gasteiger partial charge is 0.116 e. The maximum absolute atomic E-state index is 4.64. The van der Waals surface area contributed by atoms with Gasteiger partial charge in [-0.05, 0) is 54.3 Å². The summed E-state index contributed by atoms with van der Waals surface area (Å²) in [6, 6.07) is 18.5. The molecule has 4 aromatic heterocycles. The molecule has 148 valence electrons. The fourth-order valence-corrected chi connectivity index (χ4v) is 6.62. The van der Waals surface area contributed by atoms with E-state index in [9.17, 15) is 0 Å². The van der Waals surface area contributed by atoms with Crippen LogP contribution in [0.25, 0.3) is 14.7 Å². The van der Waals surface area contributed by atoms with Crippen molar-refractivity contribution < 1.29 is 0 Å². The van der Waals surface area contributed by atoms with Gasteiger partial charge in [-0.2, -0.15) is 0 Å². The third-order valence-electron chi connectivity index (χ3n) is 4.34. The van der Waals surface area contributed by atoms with E-state index in [1.807, 2.05) is 48.5 Å². The van der Waals surface area contributed by atoms with Gasteiger partial charge in [0.05, 0.1) is 23.8 Å². The standard InChI is InChI=1S/C23H17N3S4/c1-4-16(14-24-22-10-8-20(29-22)18-6-2-12-27-18)26-17(5-1)15-25-23-11-9-21(30-23)19-7-3-13-28-19/h1-2,4-12,14-15H,3,13H2/b24-14+,25-15+. The van der Waals surface area contributed by atoms with Crippen molar-refractivity contribution in [2.24, 2.45) is 9.98 Å². The number of aromatic nitrogens is 1. The predicted octanol–water partition coefficient (Wildman–Crippen LogP) is 7.91. The first-order chi connectivity index (χ1) is 14.8. The van der Waals surface area contributed by atoms with Crippen LogP contribution in [0.1, 0.15) is 22.7 Å². The van der Waals surface area contributed by atoms with Crippen LogP contribution in [0.5, 0.6) is 0 Å². The number of hydrogen-bond donors (Lipinski definition) is 0. The summed E-state index contributed by atoms with van der Waals surface area (Å²) in [5, 5.41) is 4.07. The van der Waals surface area contributed by atoms with Gasteiger partial charge in [0.1, 0.15) is 10.0 Å². The molecule has 0 spiro atoms. The second-order valence-electron chi connectivity index (χ2n) is 6.46. The van der Waals surface area contributed by atoms with Crippen LogP contribution >= 0.6 is 45.8 Å². The zero-order valence-corrected chi connectivity index (χ0v) is 19.2. The number of nitrogens with zero attached hydrogens (tertiary/aromatic N) is 3. The summed E-state index contributed by atoms with van der Waals surface area (Å²) in [4.78, 5) is 19.1. The lowest BCUT2D eigenvalue weighted by atomic mass is 10.3. The Kier molecular flexibility index (Phi) is 6.03. The molecule has 5 rings (SSSR count). The van der Waals surface area contributed by atoms with Crippen LogP contribution in [0.3, 0.4) is 0 Å². The summed E-state index contributed by atoms with van der Waals surface area (Å²) in [5.74, 6) is 1.19. The van der Waals surface area contributed by atoms with Crippen molar-refractivity contribution >= 4 is 73.1 Å². The van der Waals surface area contributed by atoms with E-state index < -0.39 is 0 Å². The number of thioether (sulfide) groups is 1. The molecule has 0 aliphatic carbocycles. The van der Waals surface area contributed by atoms with E-state index >= 15 is 0 Å². The van der Waals surface area contributed by atoms with E-state index in [0.717, 1.165) is 27.8 Å². The molecule has 0 radical (unpaired) electrons. The van der Waals surface area contributed by atoms with E-state index in [0.29, 0.717) is 0 Å². The van der Waals surface area contributed by atoms with Gasteiger partial charge in [0.15, 0.2) is 0 Å². The van der Waals surface area contributed by atoms with Gasteiger partial charge in [0.25, 0.3) is 0 Å². The lowest BCUT2D eigenvalue weighted by molar-refractivity contribution is 1.28. The summed E-state index contributed by atoms with van der Waals surface area (Å²) in [5.41, 5.74) is 1.65. The minimum atomic E-state index is 0.824. The Bertz CT molecular complexity index is 1230. The molecule has 5 heterocycles. The Morgan fingerprint density at radius 3 is 2.17 bits per heavy atom. The van der Waals surface area contributed by atoms with Crippen LogP contribution in [-0.4, -0.2) is 23.2 Å². The highest BCUT2D eigenvalue weighted by Gasteiger charge is 2.10. The van der Waals surface area contributed by atoms with Crippen molar-refractivity contribution in [2.75, 3.05) is 5.75 Å². The van der Waals surface area contributed by atoms with Gasteiger partial charge < -0.3 is 0 Å². The molecule has 4 aromatic rings. The molecule has 0 unspecified atom stereocenters. The Morgan fingerprint density at radius 2 is 1.50 bits per heavy atom. The first-order valence-corrected chi connectivity index (χ1v) is 13.0. The molecule has 0 fully saturated rings. The molecule has 0 saturated carbocycles. The quantitative estimate of drug-likeness (QED) is 0.272. The molecule has 0 amide bonds. The van der Waals surface area contributed by atoms with E-state index in [1.165, 1.54) is 25.3 Å². The number of allylic oxidation sites excluding steroid dienone is 1. The fraction of sp³-hybridized carbons (Fsp3) is 0.0870. The summed E-state index contributed by atoms with van der Waals surface area (Å²) >= 11 is 7.08. The number of pyridine rings is 1. The highest BCUT2D eigenvalue weighted by molar-refractivity contribution is 8.08. The van der Waals surface area contributed by atoms with Gasteiger partial charge in [-0.3, -0.25) is 0 Å². The Hall–Kier alpha value is -2.32. The van der Waals surface area contributed by atoms with E-state index in [2.05, 4.69) is 56.8 Å². The molecule has 7 heteroatoms. The van der Waals surface area contributed by atoms with E-state index in [4.69, 9.17) is 0 Å². The van der Waals surface area contributed by atoms with Crippen LogP contribution < -0.4 is 0 Å². The van der Waals surface area contributed by atoms with Crippen LogP contribution in [0.2, 0.25) is 0 Å². The molecular formula is C23H17N3S4. The van der Waals surface area contributed by atoms with E-state index in [1.54, 1.807) is 34.0 Å². The molecule has 3 nitrogen and oxygen atoms in total. The molecule has 0 N–H and O–H groups in total. The predicted molar refractivity (Wildman–Crippen MR) is 136 cm³/mol. The zero-order chi connectivity index (χ0) is 20.2. The minimum absolute atomic E-state index is 0.824. The fourth-order valence-electron chi connectivity index (χ4n) is 2.94. The number of thiophene rings is 3. The van der Waals surface area contributed by atoms with Crippen molar-refractivity contribution in [3.8, 4) is 9.75 Å². The molecule has 0 atom stereocenters. The third-order valence-corrected chi connectivity index (χ3v) is 8.69. The number of aliphatic imine (C=N–C) groups is 2. The van der Waals surface area contributed by atoms with Crippen LogP contribution in [0.4, 0.5) is 10.0 Å². The van der Waals surface area contributed by atoms with Crippen molar-refractivity contribution in [2.45, 2.75) is 6.42 Å². The molecule has 0 aromatic carbocycles. The topological polar surface area (TPSA) is 37.6 Å². The lowest BCUT2D eigenvalue weighted by Gasteiger charge is -1.95. The highest BCUT2D eigenvalue weighted by atomic mass is 32.2. The van der Waals surface area contributed by atoms with Gasteiger partial charge in [0, 0.05) is 25.3 Å². The zero-order valence-electron chi connectivity index (χ0n) is 15.9. The van der Waals surface area contributed by atoms with Gasteiger partial charge in [-0.1, -0.05) is 18.2 Å². The Labute approximate surface area is 191 Å². The molecule has 30 heavy (non-hydrogen) atoms.